The summed E-state index contributed by atoms with van der Waals surface area (Å²) in [7, 11) is 3.93. The van der Waals surface area contributed by atoms with Gasteiger partial charge < -0.3 is 10.2 Å². The predicted octanol–water partition coefficient (Wildman–Crippen LogP) is 3.14. The van der Waals surface area contributed by atoms with Crippen LogP contribution in [0.5, 0.6) is 0 Å². The van der Waals surface area contributed by atoms with Crippen molar-refractivity contribution in [2.45, 2.75) is 19.8 Å². The van der Waals surface area contributed by atoms with E-state index in [1.807, 2.05) is 43.3 Å². The van der Waals surface area contributed by atoms with Gasteiger partial charge in [0, 0.05) is 37.8 Å². The Hall–Kier alpha value is -1.22. The number of benzene rings is 1. The first kappa shape index (κ1) is 15.8. The van der Waals surface area contributed by atoms with E-state index in [2.05, 4.69) is 12.2 Å². The monoisotopic (exact) mass is 282 g/mol. The number of carbonyl (C=O) groups excluding carboxylic acids is 1. The second-order valence-corrected chi connectivity index (χ2v) is 5.41. The van der Waals surface area contributed by atoms with Crippen molar-refractivity contribution in [2.75, 3.05) is 31.4 Å². The van der Waals surface area contributed by atoms with Crippen molar-refractivity contribution in [1.82, 2.24) is 5.32 Å². The third-order valence-corrected chi connectivity index (χ3v) is 3.57. The summed E-state index contributed by atoms with van der Waals surface area (Å²) in [4.78, 5) is 14.0. The smallest absolute Gasteiger partial charge is 0.251 e. The van der Waals surface area contributed by atoms with Gasteiger partial charge in [0.05, 0.1) is 0 Å². The van der Waals surface area contributed by atoms with Gasteiger partial charge in [-0.25, -0.2) is 0 Å². The highest BCUT2D eigenvalue weighted by Crippen LogP contribution is 2.13. The van der Waals surface area contributed by atoms with E-state index < -0.39 is 0 Å². The fourth-order valence-electron chi connectivity index (χ4n) is 1.76. The molecule has 0 aromatic heterocycles. The number of amides is 1. The van der Waals surface area contributed by atoms with Crippen molar-refractivity contribution >= 4 is 23.2 Å². The highest BCUT2D eigenvalue weighted by molar-refractivity contribution is 6.18. The first-order valence-electron chi connectivity index (χ1n) is 6.66. The van der Waals surface area contributed by atoms with E-state index in [0.29, 0.717) is 23.9 Å². The molecule has 0 fully saturated rings. The molecule has 1 rings (SSSR count). The van der Waals surface area contributed by atoms with E-state index in [1.54, 1.807) is 0 Å². The first-order valence-corrected chi connectivity index (χ1v) is 7.19. The third-order valence-electron chi connectivity index (χ3n) is 3.05. The minimum absolute atomic E-state index is 0.0118. The number of nitrogens with zero attached hydrogens (tertiary/aromatic N) is 1. The lowest BCUT2D eigenvalue weighted by molar-refractivity contribution is 0.0952. The van der Waals surface area contributed by atoms with Gasteiger partial charge >= 0.3 is 0 Å². The Balaban J connectivity index is 2.43. The largest absolute Gasteiger partial charge is 0.378 e. The highest BCUT2D eigenvalue weighted by Gasteiger charge is 2.07. The Morgan fingerprint density at radius 2 is 2.16 bits per heavy atom. The molecular weight excluding hydrogens is 260 g/mol. The molecule has 1 aromatic rings. The molecular formula is C15H23ClN2O. The summed E-state index contributed by atoms with van der Waals surface area (Å²) in [5.74, 6) is 1.18. The van der Waals surface area contributed by atoms with Gasteiger partial charge in [-0.15, -0.1) is 11.6 Å². The van der Waals surface area contributed by atoms with Gasteiger partial charge in [0.2, 0.25) is 0 Å². The molecule has 0 heterocycles. The van der Waals surface area contributed by atoms with Crippen LogP contribution in [0.1, 0.15) is 30.1 Å². The fraction of sp³-hybridized carbons (Fsp3) is 0.533. The van der Waals surface area contributed by atoms with Crippen LogP contribution in [0.25, 0.3) is 0 Å². The molecule has 19 heavy (non-hydrogen) atoms. The quantitative estimate of drug-likeness (QED) is 0.615. The van der Waals surface area contributed by atoms with Crippen molar-refractivity contribution in [3.05, 3.63) is 29.8 Å². The Kier molecular flexibility index (Phi) is 6.71. The average molecular weight is 283 g/mol. The van der Waals surface area contributed by atoms with Crippen molar-refractivity contribution < 1.29 is 4.79 Å². The molecule has 1 N–H and O–H groups in total. The zero-order valence-electron chi connectivity index (χ0n) is 11.9. The standard InChI is InChI=1S/C15H23ClN2O/c1-12(11-16)6-5-9-17-15(19)13-7-4-8-14(10-13)18(2)3/h4,7-8,10,12H,5-6,9,11H2,1-3H3,(H,17,19). The molecule has 1 unspecified atom stereocenters. The van der Waals surface area contributed by atoms with Crippen LogP contribution in [0.3, 0.4) is 0 Å². The minimum atomic E-state index is -0.0118. The third kappa shape index (κ3) is 5.52. The van der Waals surface area contributed by atoms with Crippen LogP contribution in [0.15, 0.2) is 24.3 Å². The van der Waals surface area contributed by atoms with E-state index in [0.717, 1.165) is 18.5 Å². The summed E-state index contributed by atoms with van der Waals surface area (Å²) < 4.78 is 0. The van der Waals surface area contributed by atoms with Gasteiger partial charge in [-0.1, -0.05) is 13.0 Å². The van der Waals surface area contributed by atoms with Crippen LogP contribution in [0.2, 0.25) is 0 Å². The number of carbonyl (C=O) groups is 1. The second kappa shape index (κ2) is 8.05. The summed E-state index contributed by atoms with van der Waals surface area (Å²) in [6.07, 6.45) is 2.01. The average Bonchev–Trinajstić information content (AvgIpc) is 2.43. The fourth-order valence-corrected chi connectivity index (χ4v) is 1.91. The maximum absolute atomic E-state index is 12.0. The molecule has 0 saturated heterocycles. The topological polar surface area (TPSA) is 32.3 Å². The first-order chi connectivity index (χ1) is 9.04. The van der Waals surface area contributed by atoms with Gasteiger partial charge in [-0.2, -0.15) is 0 Å². The number of alkyl halides is 1. The van der Waals surface area contributed by atoms with Crippen molar-refractivity contribution in [3.8, 4) is 0 Å². The van der Waals surface area contributed by atoms with Crippen LogP contribution in [0, 0.1) is 5.92 Å². The zero-order chi connectivity index (χ0) is 14.3. The van der Waals surface area contributed by atoms with E-state index in [1.165, 1.54) is 0 Å². The van der Waals surface area contributed by atoms with Gasteiger partial charge in [-0.05, 0) is 37.0 Å². The Morgan fingerprint density at radius 1 is 1.42 bits per heavy atom. The Labute approximate surface area is 120 Å². The number of hydrogen-bond donors (Lipinski definition) is 1. The van der Waals surface area contributed by atoms with Crippen LogP contribution < -0.4 is 10.2 Å². The van der Waals surface area contributed by atoms with E-state index >= 15 is 0 Å². The summed E-state index contributed by atoms with van der Waals surface area (Å²) in [5, 5.41) is 2.94. The molecule has 106 valence electrons. The number of anilines is 1. The molecule has 0 spiro atoms. The number of rotatable bonds is 7. The van der Waals surface area contributed by atoms with Crippen LogP contribution in [-0.2, 0) is 0 Å². The van der Waals surface area contributed by atoms with Crippen LogP contribution in [-0.4, -0.2) is 32.4 Å². The minimum Gasteiger partial charge on any atom is -0.378 e. The molecule has 0 saturated carbocycles. The Bertz CT molecular complexity index is 407. The molecule has 0 radical (unpaired) electrons. The van der Waals surface area contributed by atoms with Crippen LogP contribution >= 0.6 is 11.6 Å². The normalized spacial score (nSPS) is 12.0. The summed E-state index contributed by atoms with van der Waals surface area (Å²) in [6.45, 7) is 2.82. The molecule has 1 aromatic carbocycles. The maximum atomic E-state index is 12.0. The zero-order valence-corrected chi connectivity index (χ0v) is 12.7. The van der Waals surface area contributed by atoms with Crippen LogP contribution in [0.4, 0.5) is 5.69 Å². The number of nitrogens with one attached hydrogen (secondary N) is 1. The predicted molar refractivity (Wildman–Crippen MR) is 82.2 cm³/mol. The molecule has 0 aliphatic heterocycles. The van der Waals surface area contributed by atoms with Crippen molar-refractivity contribution in [3.63, 3.8) is 0 Å². The van der Waals surface area contributed by atoms with E-state index in [-0.39, 0.29) is 5.91 Å². The summed E-state index contributed by atoms with van der Waals surface area (Å²) in [5.41, 5.74) is 1.74. The number of hydrogen-bond acceptors (Lipinski definition) is 2. The highest BCUT2D eigenvalue weighted by atomic mass is 35.5. The molecule has 1 amide bonds. The molecule has 1 atom stereocenters. The van der Waals surface area contributed by atoms with Gasteiger partial charge in [0.25, 0.3) is 5.91 Å². The second-order valence-electron chi connectivity index (χ2n) is 5.10. The number of halogens is 1. The summed E-state index contributed by atoms with van der Waals surface area (Å²) in [6, 6.07) is 7.62. The molecule has 0 aliphatic rings. The maximum Gasteiger partial charge on any atom is 0.251 e. The molecule has 0 bridgehead atoms. The van der Waals surface area contributed by atoms with Gasteiger partial charge in [0.1, 0.15) is 0 Å². The summed E-state index contributed by atoms with van der Waals surface area (Å²) >= 11 is 5.74. The van der Waals surface area contributed by atoms with Gasteiger partial charge in [0.15, 0.2) is 0 Å². The lowest BCUT2D eigenvalue weighted by Gasteiger charge is -2.13. The van der Waals surface area contributed by atoms with Gasteiger partial charge in [-0.3, -0.25) is 4.79 Å². The van der Waals surface area contributed by atoms with Crippen molar-refractivity contribution in [1.29, 1.82) is 0 Å². The lowest BCUT2D eigenvalue weighted by atomic mass is 10.1. The molecule has 4 heteroatoms. The Morgan fingerprint density at radius 3 is 2.79 bits per heavy atom. The SMILES string of the molecule is CC(CCl)CCCNC(=O)c1cccc(N(C)C)c1. The van der Waals surface area contributed by atoms with E-state index in [4.69, 9.17) is 11.6 Å². The van der Waals surface area contributed by atoms with E-state index in [9.17, 15) is 4.79 Å². The molecule has 3 nitrogen and oxygen atoms in total. The lowest BCUT2D eigenvalue weighted by Crippen LogP contribution is -2.25. The van der Waals surface area contributed by atoms with Crippen molar-refractivity contribution in [2.24, 2.45) is 5.92 Å². The molecule has 0 aliphatic carbocycles.